The van der Waals surface area contributed by atoms with Gasteiger partial charge in [-0.3, -0.25) is 0 Å². The molecule has 4 rings (SSSR count). The van der Waals surface area contributed by atoms with Crippen LogP contribution in [0.4, 0.5) is 11.5 Å². The van der Waals surface area contributed by atoms with Crippen LogP contribution in [0.3, 0.4) is 0 Å². The Bertz CT molecular complexity index is 898. The minimum absolute atomic E-state index is 0.419. The summed E-state index contributed by atoms with van der Waals surface area (Å²) in [4.78, 5) is 15.4. The number of aromatic nitrogens is 3. The highest BCUT2D eigenvalue weighted by molar-refractivity contribution is 6.76. The van der Waals surface area contributed by atoms with E-state index in [0.29, 0.717) is 29.4 Å². The van der Waals surface area contributed by atoms with Crippen LogP contribution in [0, 0.1) is 12.0 Å². The number of anilines is 1. The van der Waals surface area contributed by atoms with Gasteiger partial charge in [0.05, 0.1) is 12.8 Å². The van der Waals surface area contributed by atoms with Gasteiger partial charge in [-0.15, -0.1) is 0 Å². The van der Waals surface area contributed by atoms with Crippen LogP contribution in [0.1, 0.15) is 12.8 Å². The first-order chi connectivity index (χ1) is 13.3. The molecular weight excluding hydrogens is 368 g/mol. The molecule has 1 spiro atoms. The smallest absolute Gasteiger partial charge is 0.231 e. The Kier molecular flexibility index (Phi) is 4.94. The molecule has 2 aromatic rings. The molecule has 0 aromatic carbocycles. The van der Waals surface area contributed by atoms with Crippen molar-refractivity contribution in [2.24, 2.45) is 5.41 Å². The van der Waals surface area contributed by atoms with Gasteiger partial charge in [0.25, 0.3) is 0 Å². The summed E-state index contributed by atoms with van der Waals surface area (Å²) < 4.78 is 7.76. The predicted molar refractivity (Wildman–Crippen MR) is 115 cm³/mol. The molecule has 1 saturated carbocycles. The first-order valence-corrected chi connectivity index (χ1v) is 13.8. The second-order valence-corrected chi connectivity index (χ2v) is 15.2. The van der Waals surface area contributed by atoms with Crippen molar-refractivity contribution in [3.05, 3.63) is 23.8 Å². The number of nitrogens with zero attached hydrogens (tertiary/aromatic N) is 5. The Labute approximate surface area is 167 Å². The van der Waals surface area contributed by atoms with Crippen molar-refractivity contribution >= 4 is 30.7 Å². The van der Waals surface area contributed by atoms with Crippen LogP contribution in [0.25, 0.3) is 16.0 Å². The third-order valence-corrected chi connectivity index (χ3v) is 7.73. The molecule has 2 fully saturated rings. The zero-order chi connectivity index (χ0) is 19.9. The number of hydrogen-bond donors (Lipinski definition) is 1. The zero-order valence-corrected chi connectivity index (χ0v) is 18.3. The fraction of sp³-hybridized carbons (Fsp3) is 0.650. The Balaban J connectivity index is 1.44. The topological polar surface area (TPSA) is 59.6 Å². The Morgan fingerprint density at radius 2 is 2.11 bits per heavy atom. The highest BCUT2D eigenvalue weighted by Crippen LogP contribution is 2.49. The lowest BCUT2D eigenvalue weighted by Gasteiger charge is -2.59. The molecule has 0 bridgehead atoms. The molecule has 8 heteroatoms. The molecule has 0 radical (unpaired) electrons. The maximum atomic E-state index is 7.50. The van der Waals surface area contributed by atoms with Crippen molar-refractivity contribution in [1.82, 2.24) is 19.9 Å². The van der Waals surface area contributed by atoms with Crippen molar-refractivity contribution in [2.75, 3.05) is 31.6 Å². The van der Waals surface area contributed by atoms with Crippen LogP contribution >= 0.6 is 0 Å². The summed E-state index contributed by atoms with van der Waals surface area (Å²) in [6.07, 6.45) is 6.15. The Hall–Kier alpha value is -1.95. The number of hydrogen-bond acceptors (Lipinski definition) is 5. The molecule has 2 aliphatic rings. The number of ether oxygens (including phenoxy) is 1. The summed E-state index contributed by atoms with van der Waals surface area (Å²) in [6, 6.07) is 1.79. The average Bonchev–Trinajstić information content (AvgIpc) is 2.93. The SMILES string of the molecule is [C-]#[N+]c1cn(COCC[Si](C)(C)C)c2ncc(N3CC4(CC(NC)C4)C3)nc12. The first kappa shape index (κ1) is 19.4. The van der Waals surface area contributed by atoms with E-state index >= 15 is 0 Å². The summed E-state index contributed by atoms with van der Waals surface area (Å²) in [5, 5.41) is 3.36. The van der Waals surface area contributed by atoms with Gasteiger partial charge in [0.2, 0.25) is 5.69 Å². The van der Waals surface area contributed by atoms with Gasteiger partial charge in [-0.05, 0) is 25.9 Å². The fourth-order valence-electron chi connectivity index (χ4n) is 4.27. The molecule has 3 heterocycles. The molecule has 1 saturated heterocycles. The standard InChI is InChI=1S/C20H30N6OSi/c1-21-15-8-20(9-15)12-26(13-20)17-10-23-19-18(24-17)16(22-2)11-25(19)14-27-6-7-28(3,4)5/h10-11,15,21H,6-9,12-14H2,1,3-5H3. The second kappa shape index (κ2) is 7.14. The van der Waals surface area contributed by atoms with E-state index in [4.69, 9.17) is 16.3 Å². The van der Waals surface area contributed by atoms with E-state index in [1.807, 2.05) is 24.0 Å². The monoisotopic (exact) mass is 398 g/mol. The lowest BCUT2D eigenvalue weighted by atomic mass is 9.61. The van der Waals surface area contributed by atoms with E-state index in [9.17, 15) is 0 Å². The zero-order valence-electron chi connectivity index (χ0n) is 17.3. The van der Waals surface area contributed by atoms with Gasteiger partial charge >= 0.3 is 0 Å². The van der Waals surface area contributed by atoms with Crippen molar-refractivity contribution < 1.29 is 4.74 Å². The molecular formula is C20H30N6OSi. The summed E-state index contributed by atoms with van der Waals surface area (Å²) in [5.41, 5.74) is 2.43. The van der Waals surface area contributed by atoms with Gasteiger partial charge < -0.3 is 19.5 Å². The molecule has 0 unspecified atom stereocenters. The number of fused-ring (bicyclic) bond motifs is 1. The van der Waals surface area contributed by atoms with Gasteiger partial charge in [-0.1, -0.05) is 19.6 Å². The third-order valence-electron chi connectivity index (χ3n) is 6.02. The largest absolute Gasteiger partial charge is 0.361 e. The minimum atomic E-state index is -1.11. The average molecular weight is 399 g/mol. The number of nitrogens with one attached hydrogen (secondary N) is 1. The second-order valence-electron chi connectivity index (χ2n) is 9.59. The van der Waals surface area contributed by atoms with E-state index in [0.717, 1.165) is 37.2 Å². The van der Waals surface area contributed by atoms with E-state index in [1.165, 1.54) is 12.8 Å². The van der Waals surface area contributed by atoms with Crippen molar-refractivity contribution in [3.63, 3.8) is 0 Å². The van der Waals surface area contributed by atoms with Crippen LogP contribution in [0.2, 0.25) is 25.7 Å². The first-order valence-electron chi connectivity index (χ1n) is 10.1. The van der Waals surface area contributed by atoms with Gasteiger partial charge in [0.15, 0.2) is 0 Å². The van der Waals surface area contributed by atoms with Crippen LogP contribution in [-0.2, 0) is 11.5 Å². The molecule has 0 atom stereocenters. The van der Waals surface area contributed by atoms with Crippen LogP contribution in [0.15, 0.2) is 12.4 Å². The molecule has 1 aliphatic heterocycles. The number of rotatable bonds is 7. The molecule has 0 amide bonds. The molecule has 150 valence electrons. The highest BCUT2D eigenvalue weighted by Gasteiger charge is 2.52. The maximum Gasteiger partial charge on any atom is 0.231 e. The maximum absolute atomic E-state index is 7.50. The minimum Gasteiger partial charge on any atom is -0.361 e. The van der Waals surface area contributed by atoms with E-state index < -0.39 is 8.07 Å². The summed E-state index contributed by atoms with van der Waals surface area (Å²) in [5.74, 6) is 0.883. The van der Waals surface area contributed by atoms with Crippen molar-refractivity contribution in [2.45, 2.75) is 51.3 Å². The van der Waals surface area contributed by atoms with Gasteiger partial charge in [0.1, 0.15) is 23.7 Å². The fourth-order valence-corrected chi connectivity index (χ4v) is 5.03. The molecule has 1 N–H and O–H groups in total. The summed E-state index contributed by atoms with van der Waals surface area (Å²) in [7, 11) is 0.934. The molecule has 7 nitrogen and oxygen atoms in total. The lowest BCUT2D eigenvalue weighted by Crippen LogP contribution is -2.66. The van der Waals surface area contributed by atoms with Crippen molar-refractivity contribution in [3.8, 4) is 0 Å². The third kappa shape index (κ3) is 3.66. The van der Waals surface area contributed by atoms with Gasteiger partial charge in [0, 0.05) is 45.4 Å². The van der Waals surface area contributed by atoms with Crippen molar-refractivity contribution in [1.29, 1.82) is 0 Å². The normalized spacial score (nSPS) is 18.9. The highest BCUT2D eigenvalue weighted by atomic mass is 28.3. The molecule has 2 aromatic heterocycles. The lowest BCUT2D eigenvalue weighted by molar-refractivity contribution is 0.0516. The summed E-state index contributed by atoms with van der Waals surface area (Å²) >= 11 is 0. The predicted octanol–water partition coefficient (Wildman–Crippen LogP) is 3.48. The van der Waals surface area contributed by atoms with Crippen LogP contribution in [0.5, 0.6) is 0 Å². The van der Waals surface area contributed by atoms with Crippen LogP contribution < -0.4 is 10.2 Å². The van der Waals surface area contributed by atoms with E-state index in [2.05, 4.69) is 39.7 Å². The van der Waals surface area contributed by atoms with E-state index in [1.54, 1.807) is 0 Å². The Morgan fingerprint density at radius 3 is 2.75 bits per heavy atom. The van der Waals surface area contributed by atoms with Gasteiger partial charge in [-0.2, -0.15) is 0 Å². The molecule has 1 aliphatic carbocycles. The quantitative estimate of drug-likeness (QED) is 0.440. The Morgan fingerprint density at radius 1 is 1.36 bits per heavy atom. The summed E-state index contributed by atoms with van der Waals surface area (Å²) in [6.45, 7) is 17.8. The van der Waals surface area contributed by atoms with Crippen LogP contribution in [-0.4, -0.2) is 55.4 Å². The van der Waals surface area contributed by atoms with Gasteiger partial charge in [-0.25, -0.2) is 14.8 Å². The van der Waals surface area contributed by atoms with E-state index in [-0.39, 0.29) is 0 Å². The molecule has 28 heavy (non-hydrogen) atoms.